The summed E-state index contributed by atoms with van der Waals surface area (Å²) in [5.74, 6) is -0.549. The number of aryl methyl sites for hydroxylation is 2. The summed E-state index contributed by atoms with van der Waals surface area (Å²) in [5, 5.41) is 13.6. The van der Waals surface area contributed by atoms with Gasteiger partial charge >= 0.3 is 5.97 Å². The Balaban J connectivity index is 2.17. The molecule has 0 radical (unpaired) electrons. The summed E-state index contributed by atoms with van der Waals surface area (Å²) in [6, 6.07) is 6.13. The van der Waals surface area contributed by atoms with Gasteiger partial charge in [0.25, 0.3) is 0 Å². The number of hydrogen-bond donors (Lipinski definition) is 1. The maximum atomic E-state index is 11.3. The van der Waals surface area contributed by atoms with E-state index in [1.165, 1.54) is 11.8 Å². The summed E-state index contributed by atoms with van der Waals surface area (Å²) in [5.41, 5.74) is 4.46. The van der Waals surface area contributed by atoms with Gasteiger partial charge in [-0.05, 0) is 38.3 Å². The van der Waals surface area contributed by atoms with Gasteiger partial charge in [0.1, 0.15) is 5.56 Å². The molecule has 1 fully saturated rings. The van der Waals surface area contributed by atoms with Gasteiger partial charge in [0, 0.05) is 5.92 Å². The lowest BCUT2D eigenvalue weighted by molar-refractivity contribution is 0.0695. The predicted octanol–water partition coefficient (Wildman–Crippen LogP) is 3.06. The average molecular weight is 256 g/mol. The van der Waals surface area contributed by atoms with Crippen molar-refractivity contribution >= 4 is 5.97 Å². The number of aromatic carboxylic acids is 1. The summed E-state index contributed by atoms with van der Waals surface area (Å²) in [6.07, 6.45) is 3.57. The molecule has 98 valence electrons. The number of carbonyl (C=O) groups is 1. The van der Waals surface area contributed by atoms with Gasteiger partial charge in [-0.2, -0.15) is 5.10 Å². The highest BCUT2D eigenvalue weighted by molar-refractivity contribution is 5.89. The third-order valence-corrected chi connectivity index (χ3v) is 3.58. The molecule has 0 aliphatic heterocycles. The lowest BCUT2D eigenvalue weighted by Crippen LogP contribution is -2.07. The van der Waals surface area contributed by atoms with E-state index in [0.29, 0.717) is 11.5 Å². The zero-order valence-electron chi connectivity index (χ0n) is 11.1. The zero-order chi connectivity index (χ0) is 13.6. The highest BCUT2D eigenvalue weighted by Gasteiger charge is 2.33. The van der Waals surface area contributed by atoms with Crippen molar-refractivity contribution < 1.29 is 9.90 Å². The number of carboxylic acids is 1. The number of hydrogen-bond acceptors (Lipinski definition) is 2. The maximum Gasteiger partial charge on any atom is 0.339 e. The molecule has 1 aromatic carbocycles. The Bertz CT molecular complexity index is 654. The van der Waals surface area contributed by atoms with E-state index in [4.69, 9.17) is 0 Å². The van der Waals surface area contributed by atoms with Crippen LogP contribution in [0.3, 0.4) is 0 Å². The molecule has 1 N–H and O–H groups in total. The van der Waals surface area contributed by atoms with Crippen molar-refractivity contribution in [1.82, 2.24) is 9.78 Å². The smallest absolute Gasteiger partial charge is 0.339 e. The van der Waals surface area contributed by atoms with Crippen LogP contribution in [0.15, 0.2) is 24.4 Å². The van der Waals surface area contributed by atoms with Crippen molar-refractivity contribution in [3.05, 3.63) is 46.8 Å². The van der Waals surface area contributed by atoms with Crippen LogP contribution in [-0.4, -0.2) is 20.9 Å². The van der Waals surface area contributed by atoms with E-state index in [1.807, 2.05) is 26.0 Å². The summed E-state index contributed by atoms with van der Waals surface area (Å²) >= 11 is 0. The van der Waals surface area contributed by atoms with Gasteiger partial charge in [-0.25, -0.2) is 9.48 Å². The molecule has 4 heteroatoms. The third kappa shape index (κ3) is 2.03. The molecule has 1 saturated carbocycles. The maximum absolute atomic E-state index is 11.3. The fourth-order valence-corrected chi connectivity index (χ4v) is 2.51. The van der Waals surface area contributed by atoms with Gasteiger partial charge in [0.2, 0.25) is 0 Å². The van der Waals surface area contributed by atoms with Crippen LogP contribution in [0.2, 0.25) is 0 Å². The Labute approximate surface area is 111 Å². The Kier molecular flexibility index (Phi) is 2.66. The fourth-order valence-electron chi connectivity index (χ4n) is 2.51. The van der Waals surface area contributed by atoms with Crippen LogP contribution in [0.4, 0.5) is 0 Å². The first-order valence-electron chi connectivity index (χ1n) is 6.47. The van der Waals surface area contributed by atoms with Gasteiger partial charge in [0.05, 0.1) is 17.6 Å². The second-order valence-corrected chi connectivity index (χ2v) is 5.22. The molecule has 2 aromatic rings. The van der Waals surface area contributed by atoms with E-state index >= 15 is 0 Å². The molecule has 1 aliphatic carbocycles. The average Bonchev–Trinajstić information content (AvgIpc) is 3.08. The van der Waals surface area contributed by atoms with Crippen LogP contribution < -0.4 is 0 Å². The number of rotatable bonds is 3. The summed E-state index contributed by atoms with van der Waals surface area (Å²) in [7, 11) is 0. The Morgan fingerprint density at radius 3 is 2.68 bits per heavy atom. The predicted molar refractivity (Wildman–Crippen MR) is 72.0 cm³/mol. The molecule has 4 nitrogen and oxygen atoms in total. The summed E-state index contributed by atoms with van der Waals surface area (Å²) < 4.78 is 1.80. The Morgan fingerprint density at radius 2 is 2.11 bits per heavy atom. The van der Waals surface area contributed by atoms with Crippen molar-refractivity contribution in [3.8, 4) is 5.69 Å². The lowest BCUT2D eigenvalue weighted by Gasteiger charge is -2.11. The zero-order valence-corrected chi connectivity index (χ0v) is 11.1. The van der Waals surface area contributed by atoms with Gasteiger partial charge in [-0.1, -0.05) is 17.7 Å². The van der Waals surface area contributed by atoms with Crippen LogP contribution in [0.1, 0.15) is 45.9 Å². The molecular formula is C15H16N2O2. The number of nitrogens with zero attached hydrogens (tertiary/aromatic N) is 2. The second-order valence-electron chi connectivity index (χ2n) is 5.22. The van der Waals surface area contributed by atoms with Gasteiger partial charge in [-0.15, -0.1) is 0 Å². The van der Waals surface area contributed by atoms with Gasteiger partial charge in [0.15, 0.2) is 0 Å². The standard InChI is InChI=1S/C15H16N2O2/c1-9-3-6-13(10(2)7-9)17-14(11-4-5-11)12(8-16-17)15(18)19/h3,6-8,11H,4-5H2,1-2H3,(H,18,19). The number of aromatic nitrogens is 2. The summed E-state index contributed by atoms with van der Waals surface area (Å²) in [6.45, 7) is 4.07. The molecule has 0 atom stereocenters. The topological polar surface area (TPSA) is 55.1 Å². The van der Waals surface area contributed by atoms with Crippen LogP contribution in [-0.2, 0) is 0 Å². The van der Waals surface area contributed by atoms with Crippen molar-refractivity contribution in [1.29, 1.82) is 0 Å². The molecule has 1 aromatic heterocycles. The molecule has 0 bridgehead atoms. The van der Waals surface area contributed by atoms with Crippen molar-refractivity contribution in [3.63, 3.8) is 0 Å². The minimum atomic E-state index is -0.891. The number of carboxylic acid groups (broad SMARTS) is 1. The van der Waals surface area contributed by atoms with Crippen LogP contribution in [0.5, 0.6) is 0 Å². The molecule has 1 heterocycles. The van der Waals surface area contributed by atoms with Crippen molar-refractivity contribution in [2.45, 2.75) is 32.6 Å². The molecule has 0 spiro atoms. The van der Waals surface area contributed by atoms with Crippen molar-refractivity contribution in [2.75, 3.05) is 0 Å². The molecular weight excluding hydrogens is 240 g/mol. The van der Waals surface area contributed by atoms with Crippen LogP contribution >= 0.6 is 0 Å². The quantitative estimate of drug-likeness (QED) is 0.918. The molecule has 19 heavy (non-hydrogen) atoms. The molecule has 1 aliphatic rings. The van der Waals surface area contributed by atoms with Crippen molar-refractivity contribution in [2.24, 2.45) is 0 Å². The molecule has 3 rings (SSSR count). The highest BCUT2D eigenvalue weighted by Crippen LogP contribution is 2.42. The first kappa shape index (κ1) is 12.0. The van der Waals surface area contributed by atoms with E-state index < -0.39 is 5.97 Å². The first-order valence-corrected chi connectivity index (χ1v) is 6.47. The van der Waals surface area contributed by atoms with E-state index in [1.54, 1.807) is 4.68 Å². The second kappa shape index (κ2) is 4.23. The van der Waals surface area contributed by atoms with E-state index in [2.05, 4.69) is 11.2 Å². The first-order chi connectivity index (χ1) is 9.08. The van der Waals surface area contributed by atoms with E-state index in [9.17, 15) is 9.90 Å². The van der Waals surface area contributed by atoms with E-state index in [-0.39, 0.29) is 0 Å². The number of benzene rings is 1. The van der Waals surface area contributed by atoms with Crippen LogP contribution in [0, 0.1) is 13.8 Å². The highest BCUT2D eigenvalue weighted by atomic mass is 16.4. The molecule has 0 unspecified atom stereocenters. The normalized spacial score (nSPS) is 14.6. The molecule has 0 amide bonds. The van der Waals surface area contributed by atoms with E-state index in [0.717, 1.165) is 29.8 Å². The SMILES string of the molecule is Cc1ccc(-n2ncc(C(=O)O)c2C2CC2)c(C)c1. The monoisotopic (exact) mass is 256 g/mol. The minimum Gasteiger partial charge on any atom is -0.478 e. The fraction of sp³-hybridized carbons (Fsp3) is 0.333. The Hall–Kier alpha value is -2.10. The van der Waals surface area contributed by atoms with Gasteiger partial charge in [-0.3, -0.25) is 0 Å². The minimum absolute atomic E-state index is 0.336. The molecule has 0 saturated heterocycles. The Morgan fingerprint density at radius 1 is 1.37 bits per heavy atom. The largest absolute Gasteiger partial charge is 0.478 e. The lowest BCUT2D eigenvalue weighted by atomic mass is 10.1. The third-order valence-electron chi connectivity index (χ3n) is 3.58. The van der Waals surface area contributed by atoms with Gasteiger partial charge < -0.3 is 5.11 Å². The summed E-state index contributed by atoms with van der Waals surface area (Å²) in [4.78, 5) is 11.3. The van der Waals surface area contributed by atoms with Crippen LogP contribution in [0.25, 0.3) is 5.69 Å².